The molecular formula is C46H38F6N8O6. The Labute approximate surface area is 370 Å². The first-order chi connectivity index (χ1) is 31.4. The van der Waals surface area contributed by atoms with Gasteiger partial charge in [-0.2, -0.15) is 26.3 Å². The number of nitro groups is 2. The van der Waals surface area contributed by atoms with Gasteiger partial charge < -0.3 is 30.0 Å². The molecule has 4 heterocycles. The van der Waals surface area contributed by atoms with Crippen LogP contribution in [-0.2, 0) is 24.3 Å². The third-order valence-electron chi connectivity index (χ3n) is 10.8. The van der Waals surface area contributed by atoms with Crippen molar-refractivity contribution in [1.29, 1.82) is 0 Å². The molecule has 4 aromatic carbocycles. The van der Waals surface area contributed by atoms with Crippen LogP contribution in [-0.4, -0.2) is 64.6 Å². The normalized spacial score (nSPS) is 13.6. The van der Waals surface area contributed by atoms with E-state index in [0.717, 1.165) is 23.3 Å². The Kier molecular flexibility index (Phi) is 13.1. The summed E-state index contributed by atoms with van der Waals surface area (Å²) in [6.07, 6.45) is -2.00. The predicted molar refractivity (Wildman–Crippen MR) is 234 cm³/mol. The molecule has 0 radical (unpaired) electrons. The van der Waals surface area contributed by atoms with Crippen molar-refractivity contribution in [3.63, 3.8) is 0 Å². The highest BCUT2D eigenvalue weighted by Gasteiger charge is 2.57. The molecule has 0 saturated heterocycles. The van der Waals surface area contributed by atoms with Gasteiger partial charge in [0.05, 0.1) is 45.3 Å². The van der Waals surface area contributed by atoms with E-state index in [1.54, 1.807) is 72.8 Å². The van der Waals surface area contributed by atoms with E-state index in [0.29, 0.717) is 11.4 Å². The molecule has 0 bridgehead atoms. The van der Waals surface area contributed by atoms with Gasteiger partial charge in [-0.05, 0) is 47.5 Å². The first-order valence-corrected chi connectivity index (χ1v) is 19.9. The number of anilines is 2. The number of benzene rings is 4. The van der Waals surface area contributed by atoms with Crippen molar-refractivity contribution in [1.82, 2.24) is 19.1 Å². The third-order valence-corrected chi connectivity index (χ3v) is 10.8. The molecule has 8 aromatic rings. The second-order valence-electron chi connectivity index (χ2n) is 15.1. The number of nitrogens with one attached hydrogen (secondary N) is 2. The van der Waals surface area contributed by atoms with Crippen molar-refractivity contribution >= 4 is 44.6 Å². The Morgan fingerprint density at radius 1 is 0.545 bits per heavy atom. The largest absolute Gasteiger partial charge is 0.423 e. The highest BCUT2D eigenvalue weighted by Crippen LogP contribution is 2.45. The second-order valence-corrected chi connectivity index (χ2v) is 15.1. The molecule has 0 spiro atoms. The zero-order valence-corrected chi connectivity index (χ0v) is 34.3. The van der Waals surface area contributed by atoms with E-state index in [4.69, 9.17) is 0 Å². The molecular weight excluding hydrogens is 875 g/mol. The number of alkyl halides is 6. The van der Waals surface area contributed by atoms with Crippen LogP contribution in [0.15, 0.2) is 159 Å². The summed E-state index contributed by atoms with van der Waals surface area (Å²) in [4.78, 5) is 29.1. The maximum Gasteiger partial charge on any atom is 0.423 e. The van der Waals surface area contributed by atoms with Crippen molar-refractivity contribution in [3.8, 4) is 0 Å². The average molecular weight is 913 g/mol. The van der Waals surface area contributed by atoms with Crippen molar-refractivity contribution in [2.45, 2.75) is 36.6 Å². The van der Waals surface area contributed by atoms with E-state index in [-0.39, 0.29) is 46.3 Å². The van der Waals surface area contributed by atoms with E-state index in [1.165, 1.54) is 82.7 Å². The van der Waals surface area contributed by atoms with Crippen molar-refractivity contribution < 1.29 is 46.4 Å². The number of halogens is 6. The molecule has 340 valence electrons. The molecule has 0 aliphatic rings. The first-order valence-electron chi connectivity index (χ1n) is 19.9. The molecule has 0 saturated carbocycles. The van der Waals surface area contributed by atoms with Gasteiger partial charge in [0.15, 0.2) is 0 Å². The number of nitrogens with zero attached hydrogens (tertiary/aromatic N) is 6. The molecule has 0 aliphatic heterocycles. The third kappa shape index (κ3) is 9.78. The Morgan fingerprint density at radius 3 is 1.24 bits per heavy atom. The summed E-state index contributed by atoms with van der Waals surface area (Å²) in [7, 11) is 0. The summed E-state index contributed by atoms with van der Waals surface area (Å²) >= 11 is 0. The topological polar surface area (TPSA) is 186 Å². The quantitative estimate of drug-likeness (QED) is 0.0465. The van der Waals surface area contributed by atoms with Gasteiger partial charge in [-0.15, -0.1) is 0 Å². The molecule has 14 nitrogen and oxygen atoms in total. The standard InChI is InChI=1S/2C23H19F3N4O3/c2*24-23(25,26)22(31,15-28-17-7-4-10-27-12-17)20-14-29(13-16-5-2-1-3-6-16)21-11-18(30(32)33)8-9-19(20)21/h2*1-12,14,28,31H,13,15H2. The lowest BCUT2D eigenvalue weighted by atomic mass is 9.92. The van der Waals surface area contributed by atoms with Crippen LogP contribution in [0.4, 0.5) is 49.1 Å². The zero-order chi connectivity index (χ0) is 47.3. The number of aliphatic hydroxyl groups is 2. The molecule has 0 amide bonds. The van der Waals surface area contributed by atoms with Gasteiger partial charge in [-0.1, -0.05) is 60.7 Å². The van der Waals surface area contributed by atoms with Crippen LogP contribution in [0, 0.1) is 20.2 Å². The molecule has 0 fully saturated rings. The Hall–Kier alpha value is -7.84. The molecule has 2 atom stereocenters. The van der Waals surface area contributed by atoms with Gasteiger partial charge in [0.25, 0.3) is 11.4 Å². The summed E-state index contributed by atoms with van der Waals surface area (Å²) in [6, 6.07) is 31.3. The van der Waals surface area contributed by atoms with E-state index < -0.39 is 57.6 Å². The Balaban J connectivity index is 0.000000196. The number of pyridine rings is 2. The lowest BCUT2D eigenvalue weighted by Crippen LogP contribution is -2.47. The highest BCUT2D eigenvalue weighted by atomic mass is 19.4. The average Bonchev–Trinajstić information content (AvgIpc) is 3.86. The van der Waals surface area contributed by atoms with Crippen LogP contribution in [0.5, 0.6) is 0 Å². The minimum Gasteiger partial charge on any atom is -0.380 e. The SMILES string of the molecule is O=[N+]([O-])c1ccc2c(C(O)(CNc3cccnc3)C(F)(F)F)cn(Cc3ccccc3)c2c1.O=[N+]([O-])c1ccc2c(C(O)(CNc3cccnc3)C(F)(F)F)cn(Cc3ccccc3)c2c1. The van der Waals surface area contributed by atoms with Crippen LogP contribution in [0.25, 0.3) is 21.8 Å². The summed E-state index contributed by atoms with van der Waals surface area (Å²) < 4.78 is 88.4. The van der Waals surface area contributed by atoms with Crippen LogP contribution in [0.2, 0.25) is 0 Å². The van der Waals surface area contributed by atoms with Crippen molar-refractivity contribution in [3.05, 3.63) is 201 Å². The van der Waals surface area contributed by atoms with E-state index in [1.807, 2.05) is 0 Å². The fourth-order valence-electron chi connectivity index (χ4n) is 7.36. The van der Waals surface area contributed by atoms with Crippen LogP contribution >= 0.6 is 0 Å². The first kappa shape index (κ1) is 46.2. The molecule has 8 rings (SSSR count). The van der Waals surface area contributed by atoms with Gasteiger partial charge in [0.2, 0.25) is 11.2 Å². The second kappa shape index (κ2) is 18.7. The number of non-ortho nitro benzene ring substituents is 2. The number of hydrogen-bond donors (Lipinski definition) is 4. The predicted octanol–water partition coefficient (Wildman–Crippen LogP) is 9.71. The molecule has 66 heavy (non-hydrogen) atoms. The lowest BCUT2D eigenvalue weighted by molar-refractivity contribution is -0.384. The minimum absolute atomic E-state index is 0.0735. The van der Waals surface area contributed by atoms with Crippen molar-refractivity contribution in [2.75, 3.05) is 23.7 Å². The fourth-order valence-corrected chi connectivity index (χ4v) is 7.36. The van der Waals surface area contributed by atoms with E-state index in [9.17, 15) is 56.8 Å². The van der Waals surface area contributed by atoms with Gasteiger partial charge in [-0.25, -0.2) is 0 Å². The summed E-state index contributed by atoms with van der Waals surface area (Å²) in [5, 5.41) is 49.9. The highest BCUT2D eigenvalue weighted by molar-refractivity contribution is 5.88. The maximum atomic E-state index is 14.2. The maximum absolute atomic E-state index is 14.2. The number of hydrogen-bond acceptors (Lipinski definition) is 10. The van der Waals surface area contributed by atoms with Crippen LogP contribution < -0.4 is 10.6 Å². The van der Waals surface area contributed by atoms with Crippen LogP contribution in [0.3, 0.4) is 0 Å². The zero-order valence-electron chi connectivity index (χ0n) is 34.3. The number of aromatic nitrogens is 4. The molecule has 20 heteroatoms. The summed E-state index contributed by atoms with van der Waals surface area (Å²) in [5.74, 6) is 0. The lowest BCUT2D eigenvalue weighted by Gasteiger charge is -2.31. The molecule has 4 aromatic heterocycles. The van der Waals surface area contributed by atoms with E-state index in [2.05, 4.69) is 20.6 Å². The van der Waals surface area contributed by atoms with Gasteiger partial charge in [0.1, 0.15) is 0 Å². The fraction of sp³-hybridized carbons (Fsp3) is 0.174. The Morgan fingerprint density at radius 2 is 0.924 bits per heavy atom. The number of nitro benzene ring substituents is 2. The van der Waals surface area contributed by atoms with Crippen molar-refractivity contribution in [2.24, 2.45) is 0 Å². The van der Waals surface area contributed by atoms with Gasteiger partial charge in [-0.3, -0.25) is 30.2 Å². The molecule has 2 unspecified atom stereocenters. The number of fused-ring (bicyclic) bond motifs is 2. The smallest absolute Gasteiger partial charge is 0.380 e. The Bertz CT molecular complexity index is 2750. The van der Waals surface area contributed by atoms with Crippen LogP contribution in [0.1, 0.15) is 22.3 Å². The summed E-state index contributed by atoms with van der Waals surface area (Å²) in [5.41, 5.74) is -5.21. The van der Waals surface area contributed by atoms with Gasteiger partial charge in [0, 0.05) is 96.4 Å². The monoisotopic (exact) mass is 912 g/mol. The minimum atomic E-state index is -5.03. The summed E-state index contributed by atoms with van der Waals surface area (Å²) in [6.45, 7) is -1.40. The molecule has 4 N–H and O–H groups in total. The molecule has 0 aliphatic carbocycles. The van der Waals surface area contributed by atoms with Gasteiger partial charge >= 0.3 is 12.4 Å². The number of rotatable bonds is 14. The van der Waals surface area contributed by atoms with E-state index >= 15 is 0 Å².